The van der Waals surface area contributed by atoms with E-state index in [1.54, 1.807) is 0 Å². The van der Waals surface area contributed by atoms with Gasteiger partial charge in [-0.3, -0.25) is 0 Å². The second-order valence-electron chi connectivity index (χ2n) is 3.81. The quantitative estimate of drug-likeness (QED) is 0.756. The van der Waals surface area contributed by atoms with E-state index in [-0.39, 0.29) is 0 Å². The third-order valence-corrected chi connectivity index (χ3v) is 3.55. The Morgan fingerprint density at radius 2 is 2.00 bits per heavy atom. The van der Waals surface area contributed by atoms with Crippen molar-refractivity contribution in [3.05, 3.63) is 28.2 Å². The molecule has 0 bridgehead atoms. The van der Waals surface area contributed by atoms with Crippen LogP contribution in [-0.2, 0) is 0 Å². The molecule has 2 rings (SSSR count). The molecule has 1 fully saturated rings. The van der Waals surface area contributed by atoms with Crippen molar-refractivity contribution in [2.24, 2.45) is 0 Å². The van der Waals surface area contributed by atoms with Crippen LogP contribution in [0.25, 0.3) is 0 Å². The molecule has 76 valence electrons. The van der Waals surface area contributed by atoms with E-state index in [1.165, 1.54) is 18.4 Å². The lowest BCUT2D eigenvalue weighted by Crippen LogP contribution is -2.26. The minimum absolute atomic E-state index is 0.687. The fourth-order valence-electron chi connectivity index (χ4n) is 1.97. The summed E-state index contributed by atoms with van der Waals surface area (Å²) in [6.07, 6.45) is 2.45. The Bertz CT molecular complexity index is 319. The van der Waals surface area contributed by atoms with Gasteiger partial charge in [0.2, 0.25) is 0 Å². The molecule has 1 aliphatic heterocycles. The van der Waals surface area contributed by atoms with E-state index in [9.17, 15) is 0 Å². The highest BCUT2D eigenvalue weighted by molar-refractivity contribution is 9.10. The normalized spacial score (nSPS) is 18.4. The van der Waals surface area contributed by atoms with Crippen LogP contribution < -0.4 is 11.1 Å². The number of rotatable bonds is 1. The fraction of sp³-hybridized carbons (Fsp3) is 0.455. The molecule has 1 saturated heterocycles. The Morgan fingerprint density at radius 1 is 1.29 bits per heavy atom. The number of piperidine rings is 1. The molecule has 1 aliphatic rings. The molecule has 0 aliphatic carbocycles. The minimum atomic E-state index is 0.687. The second-order valence-corrected chi connectivity index (χ2v) is 4.66. The van der Waals surface area contributed by atoms with Gasteiger partial charge in [-0.25, -0.2) is 0 Å². The largest absolute Gasteiger partial charge is 0.398 e. The van der Waals surface area contributed by atoms with Crippen LogP contribution in [0.3, 0.4) is 0 Å². The van der Waals surface area contributed by atoms with Gasteiger partial charge in [-0.15, -0.1) is 0 Å². The predicted molar refractivity (Wildman–Crippen MR) is 63.4 cm³/mol. The number of benzene rings is 1. The van der Waals surface area contributed by atoms with E-state index >= 15 is 0 Å². The molecular weight excluding hydrogens is 240 g/mol. The van der Waals surface area contributed by atoms with Crippen LogP contribution in [0.1, 0.15) is 24.3 Å². The molecule has 0 spiro atoms. The average Bonchev–Trinajstić information content (AvgIpc) is 2.23. The molecule has 1 aromatic rings. The van der Waals surface area contributed by atoms with Crippen LogP contribution in [0.5, 0.6) is 0 Å². The van der Waals surface area contributed by atoms with Gasteiger partial charge in [0.25, 0.3) is 0 Å². The van der Waals surface area contributed by atoms with Crippen molar-refractivity contribution in [2.45, 2.75) is 18.8 Å². The highest BCUT2D eigenvalue weighted by atomic mass is 79.9. The van der Waals surface area contributed by atoms with E-state index in [2.05, 4.69) is 33.4 Å². The van der Waals surface area contributed by atoms with Crippen molar-refractivity contribution < 1.29 is 0 Å². The topological polar surface area (TPSA) is 38.0 Å². The molecular formula is C11H15BrN2. The molecule has 1 aromatic carbocycles. The first-order chi connectivity index (χ1) is 6.77. The van der Waals surface area contributed by atoms with Crippen molar-refractivity contribution >= 4 is 21.6 Å². The Hall–Kier alpha value is -0.540. The molecule has 14 heavy (non-hydrogen) atoms. The first-order valence-electron chi connectivity index (χ1n) is 5.03. The summed E-state index contributed by atoms with van der Waals surface area (Å²) in [4.78, 5) is 0. The van der Waals surface area contributed by atoms with Crippen molar-refractivity contribution in [3.8, 4) is 0 Å². The third kappa shape index (κ3) is 2.10. The first kappa shape index (κ1) is 9.99. The summed E-state index contributed by atoms with van der Waals surface area (Å²) in [7, 11) is 0. The monoisotopic (exact) mass is 254 g/mol. The lowest BCUT2D eigenvalue weighted by molar-refractivity contribution is 0.460. The van der Waals surface area contributed by atoms with Gasteiger partial charge in [0, 0.05) is 10.2 Å². The molecule has 2 nitrogen and oxygen atoms in total. The Kier molecular flexibility index (Phi) is 3.08. The molecule has 1 heterocycles. The fourth-order valence-corrected chi connectivity index (χ4v) is 2.22. The van der Waals surface area contributed by atoms with E-state index in [4.69, 9.17) is 5.73 Å². The molecule has 3 N–H and O–H groups in total. The molecule has 0 aromatic heterocycles. The van der Waals surface area contributed by atoms with Gasteiger partial charge >= 0.3 is 0 Å². The average molecular weight is 255 g/mol. The summed E-state index contributed by atoms with van der Waals surface area (Å²) in [5, 5.41) is 3.37. The van der Waals surface area contributed by atoms with Crippen LogP contribution in [-0.4, -0.2) is 13.1 Å². The first-order valence-corrected chi connectivity index (χ1v) is 5.82. The molecule has 0 unspecified atom stereocenters. The Labute approximate surface area is 93.0 Å². The zero-order valence-electron chi connectivity index (χ0n) is 8.09. The summed E-state index contributed by atoms with van der Waals surface area (Å²) >= 11 is 3.42. The van der Waals surface area contributed by atoms with Crippen LogP contribution in [0.4, 0.5) is 5.69 Å². The minimum Gasteiger partial charge on any atom is -0.398 e. The summed E-state index contributed by atoms with van der Waals surface area (Å²) in [5.74, 6) is 0.687. The van der Waals surface area contributed by atoms with Gasteiger partial charge in [0.1, 0.15) is 0 Å². The molecule has 0 amide bonds. The van der Waals surface area contributed by atoms with Crippen LogP contribution >= 0.6 is 15.9 Å². The smallest absolute Gasteiger partial charge is 0.0461 e. The number of hydrogen-bond donors (Lipinski definition) is 2. The maximum absolute atomic E-state index is 5.86. The summed E-state index contributed by atoms with van der Waals surface area (Å²) in [6.45, 7) is 2.25. The van der Waals surface area contributed by atoms with Crippen molar-refractivity contribution in [1.82, 2.24) is 5.32 Å². The number of halogens is 1. The Morgan fingerprint density at radius 3 is 2.64 bits per heavy atom. The summed E-state index contributed by atoms with van der Waals surface area (Å²) in [5.41, 5.74) is 8.09. The Balaban J connectivity index is 2.18. The van der Waals surface area contributed by atoms with Gasteiger partial charge in [0.15, 0.2) is 0 Å². The lowest BCUT2D eigenvalue weighted by atomic mass is 9.90. The van der Waals surface area contributed by atoms with E-state index < -0.39 is 0 Å². The standard InChI is InChI=1S/C11H15BrN2/c12-10-2-1-9(7-11(10)13)8-3-5-14-6-4-8/h1-2,7-8,14H,3-6,13H2. The third-order valence-electron chi connectivity index (χ3n) is 2.83. The number of nitrogen functional groups attached to an aromatic ring is 1. The summed E-state index contributed by atoms with van der Waals surface area (Å²) < 4.78 is 0.996. The van der Waals surface area contributed by atoms with Crippen molar-refractivity contribution in [2.75, 3.05) is 18.8 Å². The molecule has 0 saturated carbocycles. The highest BCUT2D eigenvalue weighted by Gasteiger charge is 2.15. The maximum Gasteiger partial charge on any atom is 0.0461 e. The van der Waals surface area contributed by atoms with Gasteiger partial charge in [-0.05, 0) is 65.5 Å². The lowest BCUT2D eigenvalue weighted by Gasteiger charge is -2.23. The summed E-state index contributed by atoms with van der Waals surface area (Å²) in [6, 6.07) is 6.32. The predicted octanol–water partition coefficient (Wildman–Crippen LogP) is 2.50. The highest BCUT2D eigenvalue weighted by Crippen LogP contribution is 2.29. The number of anilines is 1. The number of nitrogens with one attached hydrogen (secondary N) is 1. The maximum atomic E-state index is 5.86. The van der Waals surface area contributed by atoms with Crippen LogP contribution in [0.15, 0.2) is 22.7 Å². The van der Waals surface area contributed by atoms with Crippen molar-refractivity contribution in [3.63, 3.8) is 0 Å². The van der Waals surface area contributed by atoms with Gasteiger partial charge in [-0.2, -0.15) is 0 Å². The number of hydrogen-bond acceptors (Lipinski definition) is 2. The number of nitrogens with two attached hydrogens (primary N) is 1. The van der Waals surface area contributed by atoms with Crippen LogP contribution in [0, 0.1) is 0 Å². The zero-order chi connectivity index (χ0) is 9.97. The van der Waals surface area contributed by atoms with E-state index in [0.717, 1.165) is 23.2 Å². The SMILES string of the molecule is Nc1cc(C2CCNCC2)ccc1Br. The van der Waals surface area contributed by atoms with Crippen LogP contribution in [0.2, 0.25) is 0 Å². The molecule has 0 radical (unpaired) electrons. The van der Waals surface area contributed by atoms with E-state index in [0.29, 0.717) is 5.92 Å². The van der Waals surface area contributed by atoms with Gasteiger partial charge < -0.3 is 11.1 Å². The zero-order valence-corrected chi connectivity index (χ0v) is 9.68. The van der Waals surface area contributed by atoms with Crippen molar-refractivity contribution in [1.29, 1.82) is 0 Å². The van der Waals surface area contributed by atoms with Gasteiger partial charge in [0.05, 0.1) is 0 Å². The second kappa shape index (κ2) is 4.32. The molecule has 0 atom stereocenters. The molecule has 3 heteroatoms. The van der Waals surface area contributed by atoms with Gasteiger partial charge in [-0.1, -0.05) is 6.07 Å². The van der Waals surface area contributed by atoms with E-state index in [1.807, 2.05) is 6.07 Å².